The zero-order valence-corrected chi connectivity index (χ0v) is 15.1. The molecular weight excluding hydrogens is 364 g/mol. The minimum absolute atomic E-state index is 0.122. The molecule has 1 aliphatic heterocycles. The minimum atomic E-state index is -0.686. The summed E-state index contributed by atoms with van der Waals surface area (Å²) >= 11 is 5.65. The number of nitrogens with zero attached hydrogens (tertiary/aromatic N) is 1. The van der Waals surface area contributed by atoms with Crippen LogP contribution in [0.2, 0.25) is 0 Å². The first-order valence-corrected chi connectivity index (χ1v) is 9.12. The van der Waals surface area contributed by atoms with Gasteiger partial charge in [0, 0.05) is 34.1 Å². The fourth-order valence-corrected chi connectivity index (χ4v) is 3.45. The van der Waals surface area contributed by atoms with Gasteiger partial charge in [-0.1, -0.05) is 30.3 Å². The standard InChI is InChI=1S/C21H17ClN2O3/c22-11-14(25)12-23-18-10-9-17-19-15(18)7-4-8-16(19)20(26)24(21(17)27)13-5-2-1-3-6-13/h1-10,14,23,25H,11-12H2. The van der Waals surface area contributed by atoms with Gasteiger partial charge in [-0.25, -0.2) is 4.90 Å². The number of anilines is 2. The third-order valence-corrected chi connectivity index (χ3v) is 4.98. The third-order valence-electron chi connectivity index (χ3n) is 4.63. The maximum atomic E-state index is 13.1. The number of benzene rings is 3. The molecule has 1 unspecified atom stereocenters. The molecule has 0 aromatic heterocycles. The molecule has 136 valence electrons. The number of aliphatic hydroxyl groups excluding tert-OH is 1. The van der Waals surface area contributed by atoms with E-state index in [4.69, 9.17) is 11.6 Å². The lowest BCUT2D eigenvalue weighted by molar-refractivity contribution is 0.0893. The lowest BCUT2D eigenvalue weighted by atomic mass is 9.92. The largest absolute Gasteiger partial charge is 0.390 e. The Labute approximate surface area is 161 Å². The molecular formula is C21H17ClN2O3. The van der Waals surface area contributed by atoms with E-state index in [1.165, 1.54) is 4.90 Å². The Morgan fingerprint density at radius 2 is 1.63 bits per heavy atom. The van der Waals surface area contributed by atoms with Crippen molar-refractivity contribution in [2.24, 2.45) is 0 Å². The number of hydrogen-bond acceptors (Lipinski definition) is 4. The van der Waals surface area contributed by atoms with Crippen LogP contribution >= 0.6 is 11.6 Å². The van der Waals surface area contributed by atoms with E-state index < -0.39 is 6.10 Å². The molecule has 0 fully saturated rings. The van der Waals surface area contributed by atoms with Gasteiger partial charge in [-0.15, -0.1) is 11.6 Å². The van der Waals surface area contributed by atoms with Gasteiger partial charge in [-0.2, -0.15) is 0 Å². The average Bonchev–Trinajstić information content (AvgIpc) is 2.71. The van der Waals surface area contributed by atoms with Crippen molar-refractivity contribution in [3.05, 3.63) is 71.8 Å². The molecule has 5 nitrogen and oxygen atoms in total. The van der Waals surface area contributed by atoms with Gasteiger partial charge in [-0.3, -0.25) is 9.59 Å². The van der Waals surface area contributed by atoms with Gasteiger partial charge in [0.25, 0.3) is 11.8 Å². The summed E-state index contributed by atoms with van der Waals surface area (Å²) in [7, 11) is 0. The lowest BCUT2D eigenvalue weighted by Gasteiger charge is -2.28. The highest BCUT2D eigenvalue weighted by Gasteiger charge is 2.34. The van der Waals surface area contributed by atoms with E-state index in [9.17, 15) is 14.7 Å². The summed E-state index contributed by atoms with van der Waals surface area (Å²) in [6, 6.07) is 17.8. The van der Waals surface area contributed by atoms with E-state index in [0.29, 0.717) is 22.2 Å². The number of para-hydroxylation sites is 1. The second-order valence-electron chi connectivity index (χ2n) is 6.36. The average molecular weight is 381 g/mol. The number of nitrogens with one attached hydrogen (secondary N) is 1. The Morgan fingerprint density at radius 1 is 0.926 bits per heavy atom. The smallest absolute Gasteiger partial charge is 0.265 e. The van der Waals surface area contributed by atoms with Crippen molar-refractivity contribution in [2.75, 3.05) is 22.6 Å². The lowest BCUT2D eigenvalue weighted by Crippen LogP contribution is -2.40. The number of imide groups is 1. The topological polar surface area (TPSA) is 69.6 Å². The van der Waals surface area contributed by atoms with Crippen molar-refractivity contribution in [2.45, 2.75) is 6.10 Å². The zero-order valence-electron chi connectivity index (χ0n) is 14.4. The molecule has 3 aromatic carbocycles. The first kappa shape index (κ1) is 17.5. The zero-order chi connectivity index (χ0) is 19.0. The molecule has 2 amide bonds. The van der Waals surface area contributed by atoms with Gasteiger partial charge in [-0.05, 0) is 30.3 Å². The third kappa shape index (κ3) is 2.95. The van der Waals surface area contributed by atoms with Crippen LogP contribution in [0, 0.1) is 0 Å². The van der Waals surface area contributed by atoms with Crippen molar-refractivity contribution in [1.82, 2.24) is 0 Å². The second kappa shape index (κ2) is 7.02. The summed E-state index contributed by atoms with van der Waals surface area (Å²) in [5, 5.41) is 14.2. The molecule has 1 atom stereocenters. The van der Waals surface area contributed by atoms with Crippen LogP contribution < -0.4 is 10.2 Å². The molecule has 3 aromatic rings. The maximum Gasteiger partial charge on any atom is 0.265 e. The first-order chi connectivity index (χ1) is 13.1. The van der Waals surface area contributed by atoms with Crippen molar-refractivity contribution in [3.8, 4) is 0 Å². The summed E-state index contributed by atoms with van der Waals surface area (Å²) in [6.45, 7) is 0.278. The predicted molar refractivity (Wildman–Crippen MR) is 107 cm³/mol. The Morgan fingerprint density at radius 3 is 2.33 bits per heavy atom. The summed E-state index contributed by atoms with van der Waals surface area (Å²) < 4.78 is 0. The highest BCUT2D eigenvalue weighted by Crippen LogP contribution is 2.36. The van der Waals surface area contributed by atoms with E-state index in [0.717, 1.165) is 11.1 Å². The number of alkyl halides is 1. The van der Waals surface area contributed by atoms with Crippen LogP contribution in [0.25, 0.3) is 10.8 Å². The van der Waals surface area contributed by atoms with Gasteiger partial charge in [0.05, 0.1) is 17.7 Å². The van der Waals surface area contributed by atoms with Crippen LogP contribution in [0.5, 0.6) is 0 Å². The Kier molecular flexibility index (Phi) is 4.56. The Hall–Kier alpha value is -2.89. The number of amides is 2. The van der Waals surface area contributed by atoms with Crippen molar-refractivity contribution < 1.29 is 14.7 Å². The van der Waals surface area contributed by atoms with Crippen molar-refractivity contribution in [3.63, 3.8) is 0 Å². The van der Waals surface area contributed by atoms with Crippen LogP contribution in [-0.4, -0.2) is 35.4 Å². The number of rotatable bonds is 5. The fraction of sp³-hybridized carbons (Fsp3) is 0.143. The molecule has 0 radical (unpaired) electrons. The number of aliphatic hydroxyl groups is 1. The molecule has 0 saturated heterocycles. The summed E-state index contributed by atoms with van der Waals surface area (Å²) in [5.41, 5.74) is 2.25. The predicted octanol–water partition coefficient (Wildman–Crippen LogP) is 3.65. The molecule has 1 aliphatic rings. The van der Waals surface area contributed by atoms with E-state index in [-0.39, 0.29) is 24.2 Å². The van der Waals surface area contributed by atoms with E-state index in [1.54, 1.807) is 48.5 Å². The number of carbonyl (C=O) groups excluding carboxylic acids is 2. The summed E-state index contributed by atoms with van der Waals surface area (Å²) in [6.07, 6.45) is -0.686. The summed E-state index contributed by atoms with van der Waals surface area (Å²) in [5.74, 6) is -0.568. The van der Waals surface area contributed by atoms with Crippen LogP contribution in [0.3, 0.4) is 0 Å². The second-order valence-corrected chi connectivity index (χ2v) is 6.67. The molecule has 1 heterocycles. The molecule has 0 aliphatic carbocycles. The number of hydrogen-bond donors (Lipinski definition) is 2. The van der Waals surface area contributed by atoms with Crippen molar-refractivity contribution >= 4 is 45.6 Å². The highest BCUT2D eigenvalue weighted by atomic mass is 35.5. The Bertz CT molecular complexity index is 1010. The quantitative estimate of drug-likeness (QED) is 0.523. The highest BCUT2D eigenvalue weighted by molar-refractivity contribution is 6.36. The molecule has 27 heavy (non-hydrogen) atoms. The molecule has 0 spiro atoms. The van der Waals surface area contributed by atoms with E-state index in [2.05, 4.69) is 5.32 Å². The minimum Gasteiger partial charge on any atom is -0.390 e. The van der Waals surface area contributed by atoms with Gasteiger partial charge in [0.15, 0.2) is 0 Å². The number of halogens is 1. The maximum absolute atomic E-state index is 13.1. The van der Waals surface area contributed by atoms with Crippen molar-refractivity contribution in [1.29, 1.82) is 0 Å². The molecule has 0 bridgehead atoms. The van der Waals surface area contributed by atoms with Crippen LogP contribution in [0.1, 0.15) is 20.7 Å². The number of carbonyl (C=O) groups is 2. The Balaban J connectivity index is 1.83. The molecule has 6 heteroatoms. The monoisotopic (exact) mass is 380 g/mol. The molecule has 2 N–H and O–H groups in total. The van der Waals surface area contributed by atoms with E-state index >= 15 is 0 Å². The van der Waals surface area contributed by atoms with Crippen LogP contribution in [0.15, 0.2) is 60.7 Å². The van der Waals surface area contributed by atoms with Gasteiger partial charge in [0.1, 0.15) is 0 Å². The normalized spacial score (nSPS) is 14.5. The van der Waals surface area contributed by atoms with Gasteiger partial charge in [0.2, 0.25) is 0 Å². The van der Waals surface area contributed by atoms with E-state index in [1.807, 2.05) is 12.1 Å². The first-order valence-electron chi connectivity index (χ1n) is 8.59. The molecule has 4 rings (SSSR count). The van der Waals surface area contributed by atoms with Gasteiger partial charge < -0.3 is 10.4 Å². The van der Waals surface area contributed by atoms with Gasteiger partial charge >= 0.3 is 0 Å². The fourth-order valence-electron chi connectivity index (χ4n) is 3.34. The van der Waals surface area contributed by atoms with Crippen LogP contribution in [0.4, 0.5) is 11.4 Å². The SMILES string of the molecule is O=C1c2cccc3c(NCC(O)CCl)ccc(c23)C(=O)N1c1ccccc1. The summed E-state index contributed by atoms with van der Waals surface area (Å²) in [4.78, 5) is 27.3. The molecule has 0 saturated carbocycles. The van der Waals surface area contributed by atoms with Crippen LogP contribution in [-0.2, 0) is 0 Å².